The maximum Gasteiger partial charge on any atom is 0.138 e. The number of halogens is 1. The van der Waals surface area contributed by atoms with E-state index in [-0.39, 0.29) is 6.10 Å². The molecule has 1 aliphatic heterocycles. The van der Waals surface area contributed by atoms with Gasteiger partial charge in [-0.1, -0.05) is 12.1 Å². The molecule has 0 amide bonds. The number of ether oxygens (including phenoxy) is 2. The minimum atomic E-state index is 0.237. The van der Waals surface area contributed by atoms with Crippen molar-refractivity contribution in [2.45, 2.75) is 57.4 Å². The van der Waals surface area contributed by atoms with Crippen LogP contribution in [0.4, 0.5) is 0 Å². The fourth-order valence-electron chi connectivity index (χ4n) is 2.58. The second-order valence-electron chi connectivity index (χ2n) is 5.84. The van der Waals surface area contributed by atoms with Crippen molar-refractivity contribution in [3.8, 4) is 5.75 Å². The van der Waals surface area contributed by atoms with Gasteiger partial charge in [-0.05, 0) is 54.6 Å². The van der Waals surface area contributed by atoms with E-state index in [2.05, 4.69) is 40.3 Å². The van der Waals surface area contributed by atoms with Gasteiger partial charge in [0.2, 0.25) is 0 Å². The van der Waals surface area contributed by atoms with Gasteiger partial charge in [0.05, 0.1) is 16.7 Å². The van der Waals surface area contributed by atoms with Crippen LogP contribution in [0.3, 0.4) is 0 Å². The van der Waals surface area contributed by atoms with Gasteiger partial charge in [0.15, 0.2) is 0 Å². The Hall–Kier alpha value is -0.580. The van der Waals surface area contributed by atoms with E-state index < -0.39 is 0 Å². The summed E-state index contributed by atoms with van der Waals surface area (Å²) in [6.07, 6.45) is 5.46. The summed E-state index contributed by atoms with van der Waals surface area (Å²) in [5.74, 6) is 0.962. The number of benzene rings is 1. The number of para-hydroxylation sites is 1. The molecule has 0 aromatic heterocycles. The Balaban J connectivity index is 1.60. The van der Waals surface area contributed by atoms with Gasteiger partial charge in [-0.15, -0.1) is 0 Å². The molecule has 2 unspecified atom stereocenters. The number of rotatable bonds is 6. The molecule has 1 aromatic rings. The van der Waals surface area contributed by atoms with Crippen LogP contribution in [0.5, 0.6) is 5.75 Å². The zero-order valence-electron chi connectivity index (χ0n) is 11.9. The van der Waals surface area contributed by atoms with Crippen LogP contribution in [-0.4, -0.2) is 24.9 Å². The normalized spacial score (nSPS) is 25.9. The maximum atomic E-state index is 6.04. The highest BCUT2D eigenvalue weighted by atomic mass is 79.9. The molecule has 1 aliphatic carbocycles. The first kappa shape index (κ1) is 14.4. The first-order valence-electron chi connectivity index (χ1n) is 7.51. The molecule has 1 aromatic carbocycles. The molecule has 2 atom stereocenters. The van der Waals surface area contributed by atoms with Gasteiger partial charge >= 0.3 is 0 Å². The van der Waals surface area contributed by atoms with Gasteiger partial charge in [-0.2, -0.15) is 0 Å². The Labute approximate surface area is 129 Å². The van der Waals surface area contributed by atoms with E-state index in [1.807, 2.05) is 6.07 Å². The van der Waals surface area contributed by atoms with Crippen molar-refractivity contribution in [1.82, 2.24) is 5.32 Å². The van der Waals surface area contributed by atoms with Crippen molar-refractivity contribution in [1.29, 1.82) is 0 Å². The maximum absolute atomic E-state index is 6.04. The van der Waals surface area contributed by atoms with Crippen molar-refractivity contribution >= 4 is 15.9 Å². The van der Waals surface area contributed by atoms with Crippen LogP contribution in [-0.2, 0) is 11.3 Å². The summed E-state index contributed by atoms with van der Waals surface area (Å²) in [4.78, 5) is 0. The zero-order valence-corrected chi connectivity index (χ0v) is 13.5. The quantitative estimate of drug-likeness (QED) is 0.858. The fourth-order valence-corrected chi connectivity index (χ4v) is 3.10. The minimum absolute atomic E-state index is 0.237. The summed E-state index contributed by atoms with van der Waals surface area (Å²) in [6, 6.07) is 6.94. The third kappa shape index (κ3) is 3.74. The van der Waals surface area contributed by atoms with Gasteiger partial charge in [-0.25, -0.2) is 0 Å². The molecule has 1 heterocycles. The lowest BCUT2D eigenvalue weighted by atomic mass is 10.2. The van der Waals surface area contributed by atoms with Gasteiger partial charge in [0, 0.05) is 18.2 Å². The monoisotopic (exact) mass is 339 g/mol. The van der Waals surface area contributed by atoms with Gasteiger partial charge in [-0.3, -0.25) is 0 Å². The van der Waals surface area contributed by atoms with E-state index in [1.165, 1.54) is 18.4 Å². The molecule has 3 nitrogen and oxygen atoms in total. The third-order valence-corrected chi connectivity index (χ3v) is 4.57. The lowest BCUT2D eigenvalue weighted by Crippen LogP contribution is -2.20. The van der Waals surface area contributed by atoms with Crippen LogP contribution in [0.15, 0.2) is 22.7 Å². The van der Waals surface area contributed by atoms with E-state index in [4.69, 9.17) is 9.47 Å². The first-order valence-corrected chi connectivity index (χ1v) is 8.30. The Bertz CT molecular complexity index is 462. The molecule has 1 saturated heterocycles. The van der Waals surface area contributed by atoms with E-state index in [0.717, 1.165) is 29.6 Å². The van der Waals surface area contributed by atoms with Crippen LogP contribution >= 0.6 is 15.9 Å². The van der Waals surface area contributed by atoms with Crippen LogP contribution in [0.2, 0.25) is 0 Å². The predicted molar refractivity (Wildman–Crippen MR) is 83.1 cm³/mol. The smallest absolute Gasteiger partial charge is 0.138 e. The molecule has 20 heavy (non-hydrogen) atoms. The summed E-state index contributed by atoms with van der Waals surface area (Å²) in [5.41, 5.74) is 1.22. The van der Waals surface area contributed by atoms with Crippen LogP contribution in [0.25, 0.3) is 0 Å². The largest absolute Gasteiger partial charge is 0.489 e. The highest BCUT2D eigenvalue weighted by Crippen LogP contribution is 2.31. The molecule has 0 radical (unpaired) electrons. The van der Waals surface area contributed by atoms with Crippen molar-refractivity contribution in [2.75, 3.05) is 6.61 Å². The van der Waals surface area contributed by atoms with Gasteiger partial charge in [0.1, 0.15) is 12.4 Å². The molecule has 4 heteroatoms. The van der Waals surface area contributed by atoms with E-state index in [0.29, 0.717) is 18.8 Å². The van der Waals surface area contributed by atoms with E-state index in [9.17, 15) is 0 Å². The molecule has 1 saturated carbocycles. The molecule has 2 aliphatic rings. The summed E-state index contributed by atoms with van der Waals surface area (Å²) in [6.45, 7) is 3.65. The lowest BCUT2D eigenvalue weighted by molar-refractivity contribution is 0.0260. The standard InChI is InChI=1S/C16H22BrNO2/c1-11-5-8-14(20-11)10-19-16-12(3-2-4-15(16)17)9-18-13-6-7-13/h2-4,11,13-14,18H,5-10H2,1H3. The molecular weight excluding hydrogens is 318 g/mol. The fraction of sp³-hybridized carbons (Fsp3) is 0.625. The highest BCUT2D eigenvalue weighted by Gasteiger charge is 2.24. The number of hydrogen-bond donors (Lipinski definition) is 1. The topological polar surface area (TPSA) is 30.5 Å². The predicted octanol–water partition coefficient (Wildman–Crippen LogP) is 3.65. The van der Waals surface area contributed by atoms with Crippen LogP contribution in [0, 0.1) is 0 Å². The summed E-state index contributed by atoms with van der Waals surface area (Å²) in [5, 5.41) is 3.54. The van der Waals surface area contributed by atoms with Crippen LogP contribution < -0.4 is 10.1 Å². The van der Waals surface area contributed by atoms with Gasteiger partial charge in [0.25, 0.3) is 0 Å². The first-order chi connectivity index (χ1) is 9.72. The molecular formula is C16H22BrNO2. The molecule has 2 fully saturated rings. The summed E-state index contributed by atoms with van der Waals surface area (Å²) < 4.78 is 12.9. The van der Waals surface area contributed by atoms with Crippen molar-refractivity contribution in [3.63, 3.8) is 0 Å². The Morgan fingerprint density at radius 2 is 2.15 bits per heavy atom. The molecule has 1 N–H and O–H groups in total. The van der Waals surface area contributed by atoms with Gasteiger partial charge < -0.3 is 14.8 Å². The third-order valence-electron chi connectivity index (χ3n) is 3.94. The molecule has 0 spiro atoms. The average Bonchev–Trinajstić information content (AvgIpc) is 3.17. The lowest BCUT2D eigenvalue weighted by Gasteiger charge is -2.17. The Morgan fingerprint density at radius 3 is 2.85 bits per heavy atom. The molecule has 110 valence electrons. The van der Waals surface area contributed by atoms with Crippen LogP contribution in [0.1, 0.15) is 38.2 Å². The second-order valence-corrected chi connectivity index (χ2v) is 6.69. The van der Waals surface area contributed by atoms with Crippen molar-refractivity contribution < 1.29 is 9.47 Å². The van der Waals surface area contributed by atoms with Crippen molar-refractivity contribution in [2.24, 2.45) is 0 Å². The highest BCUT2D eigenvalue weighted by molar-refractivity contribution is 9.10. The van der Waals surface area contributed by atoms with E-state index in [1.54, 1.807) is 0 Å². The Kier molecular flexibility index (Phi) is 4.64. The van der Waals surface area contributed by atoms with Crippen molar-refractivity contribution in [3.05, 3.63) is 28.2 Å². The second kappa shape index (κ2) is 6.46. The van der Waals surface area contributed by atoms with E-state index >= 15 is 0 Å². The molecule has 3 rings (SSSR count). The number of nitrogens with one attached hydrogen (secondary N) is 1. The number of hydrogen-bond acceptors (Lipinski definition) is 3. The SMILES string of the molecule is CC1CCC(COc2c(Br)cccc2CNC2CC2)O1. The summed E-state index contributed by atoms with van der Waals surface area (Å²) >= 11 is 3.60. The summed E-state index contributed by atoms with van der Waals surface area (Å²) in [7, 11) is 0. The Morgan fingerprint density at radius 1 is 1.30 bits per heavy atom. The average molecular weight is 340 g/mol. The minimum Gasteiger partial charge on any atom is -0.489 e. The molecule has 0 bridgehead atoms. The zero-order chi connectivity index (χ0) is 13.9.